The smallest absolute Gasteiger partial charge is 0.275 e. The number of rotatable bonds is 3. The van der Waals surface area contributed by atoms with E-state index in [9.17, 15) is 9.59 Å². The SMILES string of the molecule is CSc1nc(=O)n(CC2CC2(Cl)Cl)c(=O)n1C. The van der Waals surface area contributed by atoms with Gasteiger partial charge in [-0.3, -0.25) is 4.57 Å². The van der Waals surface area contributed by atoms with Gasteiger partial charge in [-0.15, -0.1) is 23.2 Å². The Balaban J connectivity index is 2.39. The van der Waals surface area contributed by atoms with Gasteiger partial charge in [0.25, 0.3) is 0 Å². The van der Waals surface area contributed by atoms with E-state index in [2.05, 4.69) is 4.98 Å². The molecule has 1 unspecified atom stereocenters. The summed E-state index contributed by atoms with van der Waals surface area (Å²) in [5.41, 5.74) is -0.932. The summed E-state index contributed by atoms with van der Waals surface area (Å²) in [5.74, 6) is -0.0573. The Kier molecular flexibility index (Phi) is 3.31. The third-order valence-corrected chi connectivity index (χ3v) is 4.42. The number of halogens is 2. The Morgan fingerprint density at radius 2 is 2.12 bits per heavy atom. The van der Waals surface area contributed by atoms with Crippen molar-refractivity contribution in [3.8, 4) is 0 Å². The summed E-state index contributed by atoms with van der Waals surface area (Å²) in [4.78, 5) is 27.4. The summed E-state index contributed by atoms with van der Waals surface area (Å²) in [5, 5.41) is 0.398. The molecule has 1 aliphatic carbocycles. The second kappa shape index (κ2) is 4.33. The lowest BCUT2D eigenvalue weighted by molar-refractivity contribution is 0.497. The number of alkyl halides is 2. The van der Waals surface area contributed by atoms with E-state index in [1.54, 1.807) is 13.3 Å². The van der Waals surface area contributed by atoms with Gasteiger partial charge < -0.3 is 0 Å². The van der Waals surface area contributed by atoms with Gasteiger partial charge in [0.2, 0.25) is 0 Å². The highest BCUT2D eigenvalue weighted by Crippen LogP contribution is 2.53. The maximum atomic E-state index is 11.9. The highest BCUT2D eigenvalue weighted by atomic mass is 35.5. The van der Waals surface area contributed by atoms with Gasteiger partial charge in [-0.05, 0) is 12.7 Å². The van der Waals surface area contributed by atoms with Crippen molar-refractivity contribution in [1.29, 1.82) is 0 Å². The van der Waals surface area contributed by atoms with Crippen molar-refractivity contribution in [3.05, 3.63) is 21.0 Å². The Hall–Kier alpha value is -0.460. The molecule has 0 aromatic carbocycles. The summed E-state index contributed by atoms with van der Waals surface area (Å²) < 4.78 is 1.62. The minimum Gasteiger partial charge on any atom is -0.275 e. The van der Waals surface area contributed by atoms with Crippen molar-refractivity contribution < 1.29 is 0 Å². The maximum absolute atomic E-state index is 11.9. The predicted octanol–water partition coefficient (Wildman–Crippen LogP) is 0.858. The number of hydrogen-bond donors (Lipinski definition) is 0. The van der Waals surface area contributed by atoms with Crippen LogP contribution in [0.1, 0.15) is 6.42 Å². The molecule has 8 heteroatoms. The minimum absolute atomic E-state index is 0.0573. The molecular weight excluding hydrogens is 285 g/mol. The molecule has 1 heterocycles. The standard InChI is InChI=1S/C9H11Cl2N3O2S/c1-13-7(17-2)12-6(15)14(8(13)16)4-5-3-9(5,10)11/h5H,3-4H2,1-2H3. The monoisotopic (exact) mass is 295 g/mol. The number of aromatic nitrogens is 3. The van der Waals surface area contributed by atoms with Gasteiger partial charge in [0.05, 0.1) is 0 Å². The fourth-order valence-corrected chi connectivity index (χ4v) is 2.62. The van der Waals surface area contributed by atoms with E-state index in [4.69, 9.17) is 23.2 Å². The molecule has 0 spiro atoms. The third kappa shape index (κ3) is 2.39. The summed E-state index contributed by atoms with van der Waals surface area (Å²) in [6.45, 7) is 0.222. The average molecular weight is 296 g/mol. The second-order valence-corrected chi connectivity index (χ2v) is 6.31. The normalized spacial score (nSPS) is 21.5. The van der Waals surface area contributed by atoms with Gasteiger partial charge in [0.15, 0.2) is 5.16 Å². The van der Waals surface area contributed by atoms with E-state index < -0.39 is 10.0 Å². The van der Waals surface area contributed by atoms with Gasteiger partial charge in [-0.25, -0.2) is 14.2 Å². The van der Waals surface area contributed by atoms with Crippen LogP contribution in [0.2, 0.25) is 0 Å². The topological polar surface area (TPSA) is 56.9 Å². The molecule has 1 aromatic heterocycles. The van der Waals surface area contributed by atoms with Gasteiger partial charge >= 0.3 is 11.4 Å². The van der Waals surface area contributed by atoms with Crippen LogP contribution in [-0.2, 0) is 13.6 Å². The lowest BCUT2D eigenvalue weighted by Crippen LogP contribution is -2.42. The van der Waals surface area contributed by atoms with Crippen molar-refractivity contribution in [3.63, 3.8) is 0 Å². The molecular formula is C9H11Cl2N3O2S. The summed E-state index contributed by atoms with van der Waals surface area (Å²) in [6, 6.07) is 0. The van der Waals surface area contributed by atoms with Gasteiger partial charge in [0, 0.05) is 19.5 Å². The van der Waals surface area contributed by atoms with Crippen molar-refractivity contribution in [2.45, 2.75) is 22.5 Å². The van der Waals surface area contributed by atoms with Crippen LogP contribution in [0.5, 0.6) is 0 Å². The van der Waals surface area contributed by atoms with E-state index in [1.807, 2.05) is 0 Å². The van der Waals surface area contributed by atoms with Crippen LogP contribution < -0.4 is 11.4 Å². The summed E-state index contributed by atoms with van der Waals surface area (Å²) >= 11 is 13.0. The van der Waals surface area contributed by atoms with Crippen molar-refractivity contribution in [2.24, 2.45) is 13.0 Å². The van der Waals surface area contributed by atoms with Crippen molar-refractivity contribution in [2.75, 3.05) is 6.26 Å². The zero-order valence-electron chi connectivity index (χ0n) is 9.31. The third-order valence-electron chi connectivity index (χ3n) is 2.77. The molecule has 1 aliphatic rings. The molecule has 0 radical (unpaired) electrons. The van der Waals surface area contributed by atoms with Crippen molar-refractivity contribution in [1.82, 2.24) is 14.1 Å². The predicted molar refractivity (Wildman–Crippen MR) is 68.1 cm³/mol. The summed E-state index contributed by atoms with van der Waals surface area (Å²) in [6.07, 6.45) is 2.35. The van der Waals surface area contributed by atoms with Crippen molar-refractivity contribution >= 4 is 35.0 Å². The Morgan fingerprint density at radius 1 is 1.53 bits per heavy atom. The molecule has 17 heavy (non-hydrogen) atoms. The van der Waals surface area contributed by atoms with Gasteiger partial charge in [-0.1, -0.05) is 11.8 Å². The largest absolute Gasteiger partial charge is 0.354 e. The molecule has 5 nitrogen and oxygen atoms in total. The maximum Gasteiger partial charge on any atom is 0.354 e. The van der Waals surface area contributed by atoms with Crippen LogP contribution >= 0.6 is 35.0 Å². The van der Waals surface area contributed by atoms with Crippen LogP contribution in [0.25, 0.3) is 0 Å². The average Bonchev–Trinajstić information content (AvgIpc) is 2.86. The molecule has 0 saturated heterocycles. The molecule has 0 amide bonds. The molecule has 1 saturated carbocycles. The number of thioether (sulfide) groups is 1. The Morgan fingerprint density at radius 3 is 2.59 bits per heavy atom. The first-order chi connectivity index (χ1) is 7.86. The van der Waals surface area contributed by atoms with E-state index >= 15 is 0 Å². The van der Waals surface area contributed by atoms with Crippen LogP contribution in [0, 0.1) is 5.92 Å². The van der Waals surface area contributed by atoms with E-state index in [0.717, 1.165) is 4.57 Å². The second-order valence-electron chi connectivity index (χ2n) is 4.00. The van der Waals surface area contributed by atoms with Crippen LogP contribution in [0.4, 0.5) is 0 Å². The quantitative estimate of drug-likeness (QED) is 0.613. The van der Waals surface area contributed by atoms with Gasteiger partial charge in [-0.2, -0.15) is 4.98 Å². The summed E-state index contributed by atoms with van der Waals surface area (Å²) in [7, 11) is 1.58. The highest BCUT2D eigenvalue weighted by molar-refractivity contribution is 7.98. The Labute approximate surface area is 112 Å². The number of hydrogen-bond acceptors (Lipinski definition) is 4. The molecule has 0 N–H and O–H groups in total. The van der Waals surface area contributed by atoms with Crippen LogP contribution in [0.15, 0.2) is 14.7 Å². The number of nitrogens with zero attached hydrogens (tertiary/aromatic N) is 3. The zero-order chi connectivity index (χ0) is 12.8. The van der Waals surface area contributed by atoms with E-state index in [0.29, 0.717) is 11.6 Å². The van der Waals surface area contributed by atoms with E-state index in [1.165, 1.54) is 16.3 Å². The van der Waals surface area contributed by atoms with E-state index in [-0.39, 0.29) is 18.2 Å². The molecule has 1 fully saturated rings. The first-order valence-corrected chi connectivity index (χ1v) is 6.94. The van der Waals surface area contributed by atoms with Crippen LogP contribution in [-0.4, -0.2) is 24.7 Å². The fourth-order valence-electron chi connectivity index (χ4n) is 1.59. The van der Waals surface area contributed by atoms with Crippen LogP contribution in [0.3, 0.4) is 0 Å². The molecule has 2 rings (SSSR count). The lowest BCUT2D eigenvalue weighted by atomic mass is 10.4. The molecule has 1 atom stereocenters. The lowest BCUT2D eigenvalue weighted by Gasteiger charge is -2.08. The first kappa shape index (κ1) is 13.0. The Bertz CT molecular complexity index is 566. The fraction of sp³-hybridized carbons (Fsp3) is 0.667. The molecule has 1 aromatic rings. The molecule has 0 aliphatic heterocycles. The molecule has 0 bridgehead atoms. The first-order valence-electron chi connectivity index (χ1n) is 4.96. The molecule has 94 valence electrons. The zero-order valence-corrected chi connectivity index (χ0v) is 11.6. The minimum atomic E-state index is -0.803. The van der Waals surface area contributed by atoms with Gasteiger partial charge in [0.1, 0.15) is 4.33 Å². The highest BCUT2D eigenvalue weighted by Gasteiger charge is 2.51.